The van der Waals surface area contributed by atoms with Gasteiger partial charge < -0.3 is 0 Å². The van der Waals surface area contributed by atoms with Crippen LogP contribution in [0.4, 0.5) is 0 Å². The van der Waals surface area contributed by atoms with Gasteiger partial charge in [0.05, 0.1) is 0 Å². The summed E-state index contributed by atoms with van der Waals surface area (Å²) < 4.78 is 1.34. The standard InChI is InChI=1S/C28H20S/c1-2-5-21(6-3-1)17-24-10-13-25-12-9-22(19-27(25)20-24)7-4-8-23-11-14-28-26(18-23)15-16-29-28/h1-3,5-6,9-16,18-20H,8,17H2. The monoisotopic (exact) mass is 388 g/mol. The van der Waals surface area contributed by atoms with Gasteiger partial charge in [0.1, 0.15) is 0 Å². The number of fused-ring (bicyclic) bond motifs is 2. The predicted octanol–water partition coefficient (Wildman–Crippen LogP) is 7.24. The summed E-state index contributed by atoms with van der Waals surface area (Å²) in [6, 6.07) is 32.6. The minimum Gasteiger partial charge on any atom is -0.144 e. The third kappa shape index (κ3) is 4.09. The Morgan fingerprint density at radius 3 is 2.38 bits per heavy atom. The van der Waals surface area contributed by atoms with Crippen molar-refractivity contribution in [3.8, 4) is 11.8 Å². The first-order valence-electron chi connectivity index (χ1n) is 9.85. The quantitative estimate of drug-likeness (QED) is 0.286. The molecule has 0 bridgehead atoms. The maximum absolute atomic E-state index is 3.35. The predicted molar refractivity (Wildman–Crippen MR) is 126 cm³/mol. The highest BCUT2D eigenvalue weighted by atomic mass is 32.1. The van der Waals surface area contributed by atoms with Crippen molar-refractivity contribution in [1.82, 2.24) is 0 Å². The van der Waals surface area contributed by atoms with Crippen molar-refractivity contribution in [3.63, 3.8) is 0 Å². The van der Waals surface area contributed by atoms with E-state index in [1.807, 2.05) is 0 Å². The topological polar surface area (TPSA) is 0 Å². The van der Waals surface area contributed by atoms with Crippen LogP contribution in [0, 0.1) is 11.8 Å². The summed E-state index contributed by atoms with van der Waals surface area (Å²) in [5.74, 6) is 6.70. The first kappa shape index (κ1) is 17.7. The molecule has 0 nitrogen and oxygen atoms in total. The molecule has 0 unspecified atom stereocenters. The van der Waals surface area contributed by atoms with Crippen LogP contribution < -0.4 is 0 Å². The summed E-state index contributed by atoms with van der Waals surface area (Å²) in [6.45, 7) is 0. The highest BCUT2D eigenvalue weighted by Gasteiger charge is 2.00. The van der Waals surface area contributed by atoms with Crippen molar-refractivity contribution in [2.24, 2.45) is 0 Å². The van der Waals surface area contributed by atoms with Gasteiger partial charge in [-0.3, -0.25) is 0 Å². The van der Waals surface area contributed by atoms with Crippen molar-refractivity contribution in [1.29, 1.82) is 0 Å². The fraction of sp³-hybridized carbons (Fsp3) is 0.0714. The van der Waals surface area contributed by atoms with Gasteiger partial charge in [-0.2, -0.15) is 0 Å². The molecule has 5 rings (SSSR count). The van der Waals surface area contributed by atoms with Gasteiger partial charge in [-0.05, 0) is 75.0 Å². The third-order valence-corrected chi connectivity index (χ3v) is 6.10. The molecule has 1 aromatic heterocycles. The summed E-state index contributed by atoms with van der Waals surface area (Å²) >= 11 is 1.78. The molecule has 0 aliphatic rings. The second-order valence-electron chi connectivity index (χ2n) is 7.33. The largest absolute Gasteiger partial charge is 0.144 e. The summed E-state index contributed by atoms with van der Waals surface area (Å²) in [5.41, 5.74) is 5.02. The zero-order chi connectivity index (χ0) is 19.5. The molecular formula is C28H20S. The third-order valence-electron chi connectivity index (χ3n) is 5.20. The molecule has 138 valence electrons. The zero-order valence-corrected chi connectivity index (χ0v) is 16.9. The smallest absolute Gasteiger partial charge is 0.0344 e. The van der Waals surface area contributed by atoms with Crippen molar-refractivity contribution < 1.29 is 0 Å². The molecule has 0 atom stereocenters. The van der Waals surface area contributed by atoms with Crippen LogP contribution in [-0.2, 0) is 12.8 Å². The molecule has 1 heteroatoms. The first-order valence-corrected chi connectivity index (χ1v) is 10.7. The van der Waals surface area contributed by atoms with E-state index in [0.717, 1.165) is 18.4 Å². The summed E-state index contributed by atoms with van der Waals surface area (Å²) in [7, 11) is 0. The van der Waals surface area contributed by atoms with E-state index >= 15 is 0 Å². The average Bonchev–Trinajstić information content (AvgIpc) is 3.22. The fourth-order valence-corrected chi connectivity index (χ4v) is 4.46. The van der Waals surface area contributed by atoms with E-state index in [-0.39, 0.29) is 0 Å². The van der Waals surface area contributed by atoms with Crippen LogP contribution in [0.3, 0.4) is 0 Å². The van der Waals surface area contributed by atoms with E-state index < -0.39 is 0 Å². The van der Waals surface area contributed by atoms with Crippen LogP contribution in [0.1, 0.15) is 22.3 Å². The number of benzene rings is 4. The van der Waals surface area contributed by atoms with E-state index in [9.17, 15) is 0 Å². The molecule has 5 aromatic rings. The highest BCUT2D eigenvalue weighted by Crippen LogP contribution is 2.22. The van der Waals surface area contributed by atoms with Crippen LogP contribution in [0.15, 0.2) is 96.4 Å². The Kier molecular flexibility index (Phi) is 4.87. The van der Waals surface area contributed by atoms with Crippen LogP contribution in [0.5, 0.6) is 0 Å². The molecular weight excluding hydrogens is 368 g/mol. The van der Waals surface area contributed by atoms with Crippen LogP contribution >= 0.6 is 11.3 Å². The van der Waals surface area contributed by atoms with E-state index in [1.165, 1.54) is 37.5 Å². The Morgan fingerprint density at radius 2 is 1.45 bits per heavy atom. The molecule has 0 amide bonds. The summed E-state index contributed by atoms with van der Waals surface area (Å²) in [6.07, 6.45) is 1.73. The Labute approximate surface area is 175 Å². The molecule has 0 aliphatic carbocycles. The van der Waals surface area contributed by atoms with E-state index in [0.29, 0.717) is 0 Å². The summed E-state index contributed by atoms with van der Waals surface area (Å²) in [4.78, 5) is 0. The van der Waals surface area contributed by atoms with Crippen molar-refractivity contribution >= 4 is 32.2 Å². The molecule has 0 radical (unpaired) electrons. The van der Waals surface area contributed by atoms with Gasteiger partial charge in [-0.15, -0.1) is 11.3 Å². The normalized spacial score (nSPS) is 10.8. The second-order valence-corrected chi connectivity index (χ2v) is 8.28. The molecule has 0 spiro atoms. The van der Waals surface area contributed by atoms with Crippen molar-refractivity contribution in [2.45, 2.75) is 12.8 Å². The van der Waals surface area contributed by atoms with Gasteiger partial charge in [0, 0.05) is 16.7 Å². The zero-order valence-electron chi connectivity index (χ0n) is 16.1. The fourth-order valence-electron chi connectivity index (χ4n) is 3.69. The number of rotatable bonds is 3. The molecule has 0 fully saturated rings. The number of hydrogen-bond acceptors (Lipinski definition) is 1. The number of hydrogen-bond donors (Lipinski definition) is 0. The Morgan fingerprint density at radius 1 is 0.621 bits per heavy atom. The lowest BCUT2D eigenvalue weighted by atomic mass is 10.00. The van der Waals surface area contributed by atoms with Gasteiger partial charge >= 0.3 is 0 Å². The first-order chi connectivity index (χ1) is 14.3. The number of thiophene rings is 1. The van der Waals surface area contributed by atoms with Crippen molar-refractivity contribution in [3.05, 3.63) is 119 Å². The van der Waals surface area contributed by atoms with Gasteiger partial charge in [-0.1, -0.05) is 72.5 Å². The van der Waals surface area contributed by atoms with Crippen molar-refractivity contribution in [2.75, 3.05) is 0 Å². The lowest BCUT2D eigenvalue weighted by molar-refractivity contribution is 1.20. The van der Waals surface area contributed by atoms with Crippen LogP contribution in [-0.4, -0.2) is 0 Å². The lowest BCUT2D eigenvalue weighted by Gasteiger charge is -2.05. The van der Waals surface area contributed by atoms with Gasteiger partial charge in [0.15, 0.2) is 0 Å². The van der Waals surface area contributed by atoms with Gasteiger partial charge in [0.25, 0.3) is 0 Å². The second kappa shape index (κ2) is 7.95. The average molecular weight is 389 g/mol. The maximum Gasteiger partial charge on any atom is 0.0344 e. The Hall–Kier alpha value is -3.34. The lowest BCUT2D eigenvalue weighted by Crippen LogP contribution is -1.88. The molecule has 0 saturated carbocycles. The van der Waals surface area contributed by atoms with Gasteiger partial charge in [0.2, 0.25) is 0 Å². The van der Waals surface area contributed by atoms with E-state index in [2.05, 4.69) is 108 Å². The minimum atomic E-state index is 0.776. The molecule has 29 heavy (non-hydrogen) atoms. The minimum absolute atomic E-state index is 0.776. The SMILES string of the molecule is C(#Cc1ccc2ccc(Cc3ccccc3)cc2c1)Cc1ccc2sccc2c1. The van der Waals surface area contributed by atoms with Crippen LogP contribution in [0.25, 0.3) is 20.9 Å². The van der Waals surface area contributed by atoms with Crippen LogP contribution in [0.2, 0.25) is 0 Å². The van der Waals surface area contributed by atoms with E-state index in [4.69, 9.17) is 0 Å². The molecule has 4 aromatic carbocycles. The Bertz CT molecular complexity index is 1350. The van der Waals surface area contributed by atoms with Gasteiger partial charge in [-0.25, -0.2) is 0 Å². The highest BCUT2D eigenvalue weighted by molar-refractivity contribution is 7.17. The molecule has 0 N–H and O–H groups in total. The Balaban J connectivity index is 1.37. The molecule has 0 saturated heterocycles. The molecule has 1 heterocycles. The summed E-state index contributed by atoms with van der Waals surface area (Å²) in [5, 5.41) is 5.97. The maximum atomic E-state index is 3.35. The molecule has 0 aliphatic heterocycles. The van der Waals surface area contributed by atoms with E-state index in [1.54, 1.807) is 11.3 Å².